The number of unbranched alkanes of at least 4 members (excludes halogenated alkanes) is 1. The maximum absolute atomic E-state index is 5.63. The van der Waals surface area contributed by atoms with Crippen LogP contribution in [0.5, 0.6) is 0 Å². The molecular weight excluding hydrogens is 224 g/mol. The monoisotopic (exact) mass is 238 g/mol. The average molecular weight is 239 g/mol. The van der Waals surface area contributed by atoms with Gasteiger partial charge in [-0.05, 0) is 37.5 Å². The molecule has 0 spiro atoms. The number of hydrogen-bond acceptors (Lipinski definition) is 3. The van der Waals surface area contributed by atoms with Crippen molar-refractivity contribution in [2.75, 3.05) is 17.7 Å². The summed E-state index contributed by atoms with van der Waals surface area (Å²) in [6.45, 7) is 2.96. The van der Waals surface area contributed by atoms with Crippen molar-refractivity contribution in [3.8, 4) is 0 Å². The van der Waals surface area contributed by atoms with Crippen molar-refractivity contribution in [1.82, 2.24) is 14.6 Å². The molecule has 0 atom stereocenters. The van der Waals surface area contributed by atoms with Gasteiger partial charge in [-0.2, -0.15) is 9.61 Å². The van der Waals surface area contributed by atoms with Crippen LogP contribution in [0.25, 0.3) is 5.65 Å². The summed E-state index contributed by atoms with van der Waals surface area (Å²) in [5, 5.41) is 7.53. The minimum atomic E-state index is 0.717. The van der Waals surface area contributed by atoms with Crippen LogP contribution in [0.15, 0.2) is 18.5 Å². The molecule has 0 radical (unpaired) electrons. The summed E-state index contributed by atoms with van der Waals surface area (Å²) in [6, 6.07) is 4.08. The summed E-state index contributed by atoms with van der Waals surface area (Å²) in [4.78, 5) is 4.18. The fraction of sp³-hybridized carbons (Fsp3) is 0.455. The molecule has 0 unspecified atom stereocenters. The molecule has 0 amide bonds. The maximum Gasteiger partial charge on any atom is 0.157 e. The SMILES string of the molecule is Cc1cc(NCCCCCl)n2ncnc2c1. The Morgan fingerprint density at radius 2 is 2.25 bits per heavy atom. The van der Waals surface area contributed by atoms with E-state index in [0.717, 1.165) is 30.9 Å². The molecule has 4 nitrogen and oxygen atoms in total. The van der Waals surface area contributed by atoms with Crippen LogP contribution in [0.1, 0.15) is 18.4 Å². The first kappa shape index (κ1) is 11.2. The highest BCUT2D eigenvalue weighted by atomic mass is 35.5. The fourth-order valence-electron chi connectivity index (χ4n) is 1.62. The second-order valence-electron chi connectivity index (χ2n) is 3.77. The van der Waals surface area contributed by atoms with Crippen molar-refractivity contribution in [3.05, 3.63) is 24.0 Å². The number of anilines is 1. The van der Waals surface area contributed by atoms with Gasteiger partial charge in [-0.15, -0.1) is 11.6 Å². The molecule has 0 bridgehead atoms. The highest BCUT2D eigenvalue weighted by molar-refractivity contribution is 6.17. The summed E-state index contributed by atoms with van der Waals surface area (Å²) in [5.41, 5.74) is 2.06. The summed E-state index contributed by atoms with van der Waals surface area (Å²) in [7, 11) is 0. The number of aryl methyl sites for hydroxylation is 1. The molecule has 5 heteroatoms. The predicted octanol–water partition coefficient (Wildman–Crippen LogP) is 2.47. The van der Waals surface area contributed by atoms with Gasteiger partial charge in [0.2, 0.25) is 0 Å². The van der Waals surface area contributed by atoms with E-state index in [1.54, 1.807) is 6.33 Å². The Morgan fingerprint density at radius 3 is 3.06 bits per heavy atom. The van der Waals surface area contributed by atoms with Gasteiger partial charge in [0.1, 0.15) is 12.1 Å². The molecule has 86 valence electrons. The van der Waals surface area contributed by atoms with E-state index in [1.165, 1.54) is 5.56 Å². The number of rotatable bonds is 5. The number of pyridine rings is 1. The second-order valence-corrected chi connectivity index (χ2v) is 4.15. The van der Waals surface area contributed by atoms with Gasteiger partial charge in [-0.25, -0.2) is 4.98 Å². The minimum absolute atomic E-state index is 0.717. The van der Waals surface area contributed by atoms with Crippen LogP contribution in [0, 0.1) is 6.92 Å². The van der Waals surface area contributed by atoms with Gasteiger partial charge < -0.3 is 5.32 Å². The smallest absolute Gasteiger partial charge is 0.157 e. The van der Waals surface area contributed by atoms with Crippen LogP contribution in [0.3, 0.4) is 0 Å². The van der Waals surface area contributed by atoms with Crippen molar-refractivity contribution in [1.29, 1.82) is 0 Å². The third-order valence-electron chi connectivity index (χ3n) is 2.39. The fourth-order valence-corrected chi connectivity index (χ4v) is 1.81. The molecule has 0 aliphatic carbocycles. The molecule has 0 aliphatic rings. The zero-order valence-electron chi connectivity index (χ0n) is 9.28. The van der Waals surface area contributed by atoms with Gasteiger partial charge in [0.25, 0.3) is 0 Å². The first-order chi connectivity index (χ1) is 7.81. The highest BCUT2D eigenvalue weighted by Gasteiger charge is 2.02. The van der Waals surface area contributed by atoms with Gasteiger partial charge >= 0.3 is 0 Å². The third-order valence-corrected chi connectivity index (χ3v) is 2.66. The number of nitrogens with one attached hydrogen (secondary N) is 1. The molecule has 2 aromatic rings. The highest BCUT2D eigenvalue weighted by Crippen LogP contribution is 2.13. The van der Waals surface area contributed by atoms with Gasteiger partial charge in [-0.3, -0.25) is 0 Å². The Bertz CT molecular complexity index is 466. The third kappa shape index (κ3) is 2.44. The molecule has 2 rings (SSSR count). The number of fused-ring (bicyclic) bond motifs is 1. The molecule has 2 aromatic heterocycles. The molecule has 1 N–H and O–H groups in total. The predicted molar refractivity (Wildman–Crippen MR) is 66.2 cm³/mol. The van der Waals surface area contributed by atoms with Crippen molar-refractivity contribution in [2.45, 2.75) is 19.8 Å². The lowest BCUT2D eigenvalue weighted by Crippen LogP contribution is -2.07. The first-order valence-electron chi connectivity index (χ1n) is 5.41. The van der Waals surface area contributed by atoms with E-state index in [-0.39, 0.29) is 0 Å². The van der Waals surface area contributed by atoms with Crippen molar-refractivity contribution < 1.29 is 0 Å². The Kier molecular flexibility index (Phi) is 3.62. The van der Waals surface area contributed by atoms with E-state index in [9.17, 15) is 0 Å². The topological polar surface area (TPSA) is 42.2 Å². The maximum atomic E-state index is 5.63. The van der Waals surface area contributed by atoms with E-state index in [1.807, 2.05) is 10.6 Å². The van der Waals surface area contributed by atoms with Crippen molar-refractivity contribution in [2.24, 2.45) is 0 Å². The summed E-state index contributed by atoms with van der Waals surface area (Å²) in [6.07, 6.45) is 3.66. The second kappa shape index (κ2) is 5.16. The Morgan fingerprint density at radius 1 is 1.38 bits per heavy atom. The van der Waals surface area contributed by atoms with Crippen LogP contribution in [-0.4, -0.2) is 27.0 Å². The quantitative estimate of drug-likeness (QED) is 0.643. The number of halogens is 1. The minimum Gasteiger partial charge on any atom is -0.370 e. The zero-order chi connectivity index (χ0) is 11.4. The molecule has 2 heterocycles. The van der Waals surface area contributed by atoms with Crippen LogP contribution in [-0.2, 0) is 0 Å². The largest absolute Gasteiger partial charge is 0.370 e. The summed E-state index contributed by atoms with van der Waals surface area (Å²) < 4.78 is 1.81. The molecule has 16 heavy (non-hydrogen) atoms. The summed E-state index contributed by atoms with van der Waals surface area (Å²) >= 11 is 5.63. The molecule has 0 saturated heterocycles. The number of nitrogens with zero attached hydrogens (tertiary/aromatic N) is 3. The van der Waals surface area contributed by atoms with E-state index in [2.05, 4.69) is 28.4 Å². The van der Waals surface area contributed by atoms with E-state index >= 15 is 0 Å². The molecule has 0 saturated carbocycles. The lowest BCUT2D eigenvalue weighted by molar-refractivity contribution is 0.826. The molecule has 0 aliphatic heterocycles. The Hall–Kier alpha value is -1.29. The van der Waals surface area contributed by atoms with E-state index in [0.29, 0.717) is 5.88 Å². The van der Waals surface area contributed by atoms with E-state index in [4.69, 9.17) is 11.6 Å². The van der Waals surface area contributed by atoms with Crippen molar-refractivity contribution in [3.63, 3.8) is 0 Å². The lowest BCUT2D eigenvalue weighted by Gasteiger charge is -2.08. The Labute approximate surface area is 99.6 Å². The molecule has 0 fully saturated rings. The zero-order valence-corrected chi connectivity index (χ0v) is 10.0. The number of alkyl halides is 1. The van der Waals surface area contributed by atoms with Gasteiger partial charge in [-0.1, -0.05) is 0 Å². The van der Waals surface area contributed by atoms with Crippen LogP contribution in [0.4, 0.5) is 5.82 Å². The normalized spacial score (nSPS) is 10.9. The Balaban J connectivity index is 2.12. The van der Waals surface area contributed by atoms with Crippen molar-refractivity contribution >= 4 is 23.1 Å². The van der Waals surface area contributed by atoms with Crippen LogP contribution >= 0.6 is 11.6 Å². The number of aromatic nitrogens is 3. The van der Waals surface area contributed by atoms with Crippen LogP contribution < -0.4 is 5.32 Å². The summed E-state index contributed by atoms with van der Waals surface area (Å²) in [5.74, 6) is 1.70. The molecular formula is C11H15ClN4. The van der Waals surface area contributed by atoms with Gasteiger partial charge in [0.15, 0.2) is 5.65 Å². The first-order valence-corrected chi connectivity index (χ1v) is 5.95. The number of hydrogen-bond donors (Lipinski definition) is 1. The average Bonchev–Trinajstić information content (AvgIpc) is 2.72. The van der Waals surface area contributed by atoms with Gasteiger partial charge in [0, 0.05) is 12.4 Å². The standard InChI is InChI=1S/C11H15ClN4/c1-9-6-10(13-5-3-2-4-12)16-11(7-9)14-8-15-16/h6-8,13H,2-5H2,1H3. The van der Waals surface area contributed by atoms with Crippen LogP contribution in [0.2, 0.25) is 0 Å². The molecule has 0 aromatic carbocycles. The lowest BCUT2D eigenvalue weighted by atomic mass is 10.3. The van der Waals surface area contributed by atoms with E-state index < -0.39 is 0 Å². The van der Waals surface area contributed by atoms with Gasteiger partial charge in [0.05, 0.1) is 0 Å².